The van der Waals surface area contributed by atoms with E-state index < -0.39 is 5.97 Å². The Kier molecular flexibility index (Phi) is 2.87. The van der Waals surface area contributed by atoms with Gasteiger partial charge in [-0.15, -0.1) is 0 Å². The molecule has 0 unspecified atom stereocenters. The van der Waals surface area contributed by atoms with Crippen molar-refractivity contribution in [1.29, 1.82) is 5.26 Å². The smallest absolute Gasteiger partial charge is 0.351 e. The summed E-state index contributed by atoms with van der Waals surface area (Å²) >= 11 is 0. The van der Waals surface area contributed by atoms with Gasteiger partial charge in [0.25, 0.3) is 0 Å². The minimum Gasteiger partial charge on any atom is -0.477 e. The predicted octanol–water partition coefficient (Wildman–Crippen LogP) is 0.942. The number of benzene rings is 1. The Morgan fingerprint density at radius 1 is 1.57 bits per heavy atom. The average Bonchev–Trinajstić information content (AvgIpc) is 2.18. The van der Waals surface area contributed by atoms with Crippen LogP contribution in [0.1, 0.15) is 11.1 Å². The SMILES string of the molecule is N#Cc1cccc(/C=C(/N)C(=O)O)c1. The molecule has 0 spiro atoms. The van der Waals surface area contributed by atoms with E-state index >= 15 is 0 Å². The number of nitrogens with two attached hydrogens (primary N) is 1. The number of hydrogen-bond donors (Lipinski definition) is 2. The van der Waals surface area contributed by atoms with Crippen LogP contribution in [-0.4, -0.2) is 11.1 Å². The summed E-state index contributed by atoms with van der Waals surface area (Å²) in [5.74, 6) is -1.17. The summed E-state index contributed by atoms with van der Waals surface area (Å²) < 4.78 is 0. The molecule has 1 aromatic rings. The Morgan fingerprint density at radius 3 is 2.86 bits per heavy atom. The van der Waals surface area contributed by atoms with Crippen molar-refractivity contribution in [1.82, 2.24) is 0 Å². The zero-order valence-electron chi connectivity index (χ0n) is 7.27. The Labute approximate surface area is 80.9 Å². The maximum Gasteiger partial charge on any atom is 0.351 e. The van der Waals surface area contributed by atoms with Crippen LogP contribution >= 0.6 is 0 Å². The number of nitrogens with zero attached hydrogens (tertiary/aromatic N) is 1. The van der Waals surface area contributed by atoms with E-state index in [9.17, 15) is 4.79 Å². The van der Waals surface area contributed by atoms with Gasteiger partial charge in [0.15, 0.2) is 0 Å². The molecule has 0 saturated carbocycles. The quantitative estimate of drug-likeness (QED) is 0.676. The highest BCUT2D eigenvalue weighted by molar-refractivity contribution is 5.91. The molecule has 0 radical (unpaired) electrons. The second kappa shape index (κ2) is 4.10. The van der Waals surface area contributed by atoms with E-state index in [1.165, 1.54) is 6.08 Å². The maximum atomic E-state index is 10.4. The van der Waals surface area contributed by atoms with E-state index in [0.717, 1.165) is 0 Å². The molecule has 14 heavy (non-hydrogen) atoms. The number of rotatable bonds is 2. The first kappa shape index (κ1) is 9.81. The first-order valence-electron chi connectivity index (χ1n) is 3.84. The Bertz CT molecular complexity index is 430. The predicted molar refractivity (Wildman–Crippen MR) is 51.0 cm³/mol. The molecule has 0 aliphatic rings. The molecule has 0 aliphatic carbocycles. The van der Waals surface area contributed by atoms with Crippen LogP contribution in [0.4, 0.5) is 0 Å². The molecule has 0 fully saturated rings. The number of hydrogen-bond acceptors (Lipinski definition) is 3. The fraction of sp³-hybridized carbons (Fsp3) is 0. The third-order valence-electron chi connectivity index (χ3n) is 1.58. The topological polar surface area (TPSA) is 87.1 Å². The van der Waals surface area contributed by atoms with Crippen LogP contribution in [-0.2, 0) is 4.79 Å². The van der Waals surface area contributed by atoms with Gasteiger partial charge in [-0.1, -0.05) is 12.1 Å². The number of nitriles is 1. The van der Waals surface area contributed by atoms with E-state index in [1.54, 1.807) is 24.3 Å². The van der Waals surface area contributed by atoms with Gasteiger partial charge in [0.1, 0.15) is 5.70 Å². The van der Waals surface area contributed by atoms with Crippen LogP contribution in [0.2, 0.25) is 0 Å². The van der Waals surface area contributed by atoms with Crippen molar-refractivity contribution >= 4 is 12.0 Å². The highest BCUT2D eigenvalue weighted by atomic mass is 16.4. The van der Waals surface area contributed by atoms with Crippen molar-refractivity contribution in [3.63, 3.8) is 0 Å². The second-order valence-electron chi connectivity index (χ2n) is 2.64. The molecule has 1 aromatic carbocycles. The number of aliphatic carboxylic acids is 1. The van der Waals surface area contributed by atoms with Crippen LogP contribution in [0, 0.1) is 11.3 Å². The third-order valence-corrected chi connectivity index (χ3v) is 1.58. The summed E-state index contributed by atoms with van der Waals surface area (Å²) in [4.78, 5) is 10.4. The molecule has 0 saturated heterocycles. The molecule has 4 heteroatoms. The summed E-state index contributed by atoms with van der Waals surface area (Å²) in [7, 11) is 0. The van der Waals surface area contributed by atoms with Gasteiger partial charge < -0.3 is 10.8 Å². The van der Waals surface area contributed by atoms with Gasteiger partial charge >= 0.3 is 5.97 Å². The Balaban J connectivity index is 3.04. The van der Waals surface area contributed by atoms with Crippen molar-refractivity contribution in [3.05, 3.63) is 41.1 Å². The molecular weight excluding hydrogens is 180 g/mol. The minimum absolute atomic E-state index is 0.250. The normalized spacial score (nSPS) is 10.6. The first-order chi connectivity index (χ1) is 6.63. The average molecular weight is 188 g/mol. The molecule has 0 bridgehead atoms. The zero-order valence-corrected chi connectivity index (χ0v) is 7.27. The summed E-state index contributed by atoms with van der Waals surface area (Å²) in [6, 6.07) is 8.49. The Hall–Kier alpha value is -2.28. The maximum absolute atomic E-state index is 10.4. The fourth-order valence-electron chi connectivity index (χ4n) is 0.939. The van der Waals surface area contributed by atoms with Crippen molar-refractivity contribution in [2.45, 2.75) is 0 Å². The fourth-order valence-corrected chi connectivity index (χ4v) is 0.939. The lowest BCUT2D eigenvalue weighted by molar-refractivity contribution is -0.132. The van der Waals surface area contributed by atoms with Gasteiger partial charge in [-0.05, 0) is 23.8 Å². The lowest BCUT2D eigenvalue weighted by Gasteiger charge is -1.95. The minimum atomic E-state index is -1.17. The van der Waals surface area contributed by atoms with Gasteiger partial charge in [-0.3, -0.25) is 0 Å². The summed E-state index contributed by atoms with van der Waals surface area (Å²) in [5.41, 5.74) is 6.04. The van der Waals surface area contributed by atoms with Gasteiger partial charge in [0, 0.05) is 0 Å². The molecule has 0 amide bonds. The highest BCUT2D eigenvalue weighted by Gasteiger charge is 2.00. The largest absolute Gasteiger partial charge is 0.477 e. The molecular formula is C10H8N2O2. The Morgan fingerprint density at radius 2 is 2.29 bits per heavy atom. The van der Waals surface area contributed by atoms with Gasteiger partial charge in [-0.25, -0.2) is 4.79 Å². The molecule has 1 rings (SSSR count). The van der Waals surface area contributed by atoms with Crippen LogP contribution in [0.25, 0.3) is 6.08 Å². The molecule has 0 atom stereocenters. The van der Waals surface area contributed by atoms with Crippen molar-refractivity contribution in [2.24, 2.45) is 5.73 Å². The van der Waals surface area contributed by atoms with Gasteiger partial charge in [0.2, 0.25) is 0 Å². The zero-order chi connectivity index (χ0) is 10.6. The van der Waals surface area contributed by atoms with Crippen LogP contribution in [0.3, 0.4) is 0 Å². The number of carboxylic acids is 1. The van der Waals surface area contributed by atoms with E-state index in [2.05, 4.69) is 0 Å². The summed E-state index contributed by atoms with van der Waals surface area (Å²) in [5, 5.41) is 17.1. The number of carbonyl (C=O) groups is 1. The summed E-state index contributed by atoms with van der Waals surface area (Å²) in [6.45, 7) is 0. The molecule has 70 valence electrons. The molecule has 4 nitrogen and oxygen atoms in total. The van der Waals surface area contributed by atoms with E-state index in [4.69, 9.17) is 16.1 Å². The molecule has 0 heterocycles. The van der Waals surface area contributed by atoms with Crippen molar-refractivity contribution < 1.29 is 9.90 Å². The summed E-state index contributed by atoms with van der Waals surface area (Å²) in [6.07, 6.45) is 1.31. The second-order valence-corrected chi connectivity index (χ2v) is 2.64. The van der Waals surface area contributed by atoms with Gasteiger partial charge in [0.05, 0.1) is 11.6 Å². The first-order valence-corrected chi connectivity index (χ1v) is 3.84. The lowest BCUT2D eigenvalue weighted by atomic mass is 10.1. The molecule has 0 aliphatic heterocycles. The van der Waals surface area contributed by atoms with Crippen LogP contribution in [0.15, 0.2) is 30.0 Å². The lowest BCUT2D eigenvalue weighted by Crippen LogP contribution is -2.09. The van der Waals surface area contributed by atoms with E-state index in [1.807, 2.05) is 6.07 Å². The number of carboxylic acid groups (broad SMARTS) is 1. The van der Waals surface area contributed by atoms with Crippen LogP contribution in [0.5, 0.6) is 0 Å². The third kappa shape index (κ3) is 2.35. The van der Waals surface area contributed by atoms with Crippen molar-refractivity contribution in [3.8, 4) is 6.07 Å². The standard InChI is InChI=1S/C10H8N2O2/c11-6-8-3-1-2-7(4-8)5-9(12)10(13)14/h1-5H,12H2,(H,13,14)/b9-5+. The highest BCUT2D eigenvalue weighted by Crippen LogP contribution is 2.07. The van der Waals surface area contributed by atoms with Crippen molar-refractivity contribution in [2.75, 3.05) is 0 Å². The molecule has 3 N–H and O–H groups in total. The van der Waals surface area contributed by atoms with Crippen LogP contribution < -0.4 is 5.73 Å². The van der Waals surface area contributed by atoms with E-state index in [0.29, 0.717) is 11.1 Å². The molecule has 0 aromatic heterocycles. The van der Waals surface area contributed by atoms with E-state index in [-0.39, 0.29) is 5.70 Å². The van der Waals surface area contributed by atoms with Gasteiger partial charge in [-0.2, -0.15) is 5.26 Å². The monoisotopic (exact) mass is 188 g/mol.